The molecule has 0 fully saturated rings. The molecule has 1 N–H and O–H groups in total. The monoisotopic (exact) mass is 212 g/mol. The highest BCUT2D eigenvalue weighted by Gasteiger charge is 2.14. The van der Waals surface area contributed by atoms with Gasteiger partial charge in [-0.2, -0.15) is 0 Å². The molecule has 0 amide bonds. The Morgan fingerprint density at radius 2 is 2.29 bits per heavy atom. The summed E-state index contributed by atoms with van der Waals surface area (Å²) < 4.78 is 0. The van der Waals surface area contributed by atoms with E-state index < -0.39 is 0 Å². The second-order valence-electron chi connectivity index (χ2n) is 3.94. The standard InChI is InChI=1S/C11H20N2S/c1-4-12-8-10(9(2)3)7-11-13-5-6-14-11/h5-6,9-10,12H,4,7-8H2,1-3H3. The van der Waals surface area contributed by atoms with Crippen LogP contribution in [0.25, 0.3) is 0 Å². The second-order valence-corrected chi connectivity index (χ2v) is 4.92. The normalized spacial score (nSPS) is 13.4. The zero-order valence-electron chi connectivity index (χ0n) is 9.29. The van der Waals surface area contributed by atoms with E-state index in [2.05, 4.69) is 36.5 Å². The fraction of sp³-hybridized carbons (Fsp3) is 0.727. The average Bonchev–Trinajstić information content (AvgIpc) is 2.64. The van der Waals surface area contributed by atoms with Crippen molar-refractivity contribution in [3.63, 3.8) is 0 Å². The summed E-state index contributed by atoms with van der Waals surface area (Å²) in [6.07, 6.45) is 3.01. The van der Waals surface area contributed by atoms with E-state index >= 15 is 0 Å². The third-order valence-electron chi connectivity index (χ3n) is 2.52. The molecule has 0 aliphatic rings. The Hall–Kier alpha value is -0.410. The summed E-state index contributed by atoms with van der Waals surface area (Å²) >= 11 is 1.76. The van der Waals surface area contributed by atoms with Gasteiger partial charge in [-0.15, -0.1) is 11.3 Å². The second kappa shape index (κ2) is 6.14. The van der Waals surface area contributed by atoms with E-state index in [1.54, 1.807) is 11.3 Å². The minimum atomic E-state index is 0.709. The van der Waals surface area contributed by atoms with Crippen LogP contribution >= 0.6 is 11.3 Å². The van der Waals surface area contributed by atoms with Crippen molar-refractivity contribution in [1.29, 1.82) is 0 Å². The molecule has 80 valence electrons. The number of hydrogen-bond donors (Lipinski definition) is 1. The van der Waals surface area contributed by atoms with Crippen LogP contribution in [-0.4, -0.2) is 18.1 Å². The topological polar surface area (TPSA) is 24.9 Å². The maximum atomic E-state index is 4.34. The number of thiazole rings is 1. The van der Waals surface area contributed by atoms with E-state index in [1.807, 2.05) is 6.20 Å². The number of aromatic nitrogens is 1. The van der Waals surface area contributed by atoms with Gasteiger partial charge in [0.1, 0.15) is 0 Å². The molecule has 1 heterocycles. The van der Waals surface area contributed by atoms with E-state index in [4.69, 9.17) is 0 Å². The lowest BCUT2D eigenvalue weighted by atomic mass is 9.93. The molecule has 0 aromatic carbocycles. The third-order valence-corrected chi connectivity index (χ3v) is 3.32. The SMILES string of the molecule is CCNCC(Cc1nccs1)C(C)C. The van der Waals surface area contributed by atoms with Crippen LogP contribution in [0.15, 0.2) is 11.6 Å². The van der Waals surface area contributed by atoms with Crippen molar-refractivity contribution in [1.82, 2.24) is 10.3 Å². The number of nitrogens with zero attached hydrogens (tertiary/aromatic N) is 1. The van der Waals surface area contributed by atoms with E-state index in [1.165, 1.54) is 5.01 Å². The Kier molecular flexibility index (Phi) is 5.12. The molecular weight excluding hydrogens is 192 g/mol. The van der Waals surface area contributed by atoms with Crippen molar-refractivity contribution >= 4 is 11.3 Å². The molecule has 0 spiro atoms. The molecule has 0 saturated heterocycles. The van der Waals surface area contributed by atoms with Crippen LogP contribution in [-0.2, 0) is 6.42 Å². The predicted molar refractivity (Wildman–Crippen MR) is 62.7 cm³/mol. The van der Waals surface area contributed by atoms with Crippen LogP contribution < -0.4 is 5.32 Å². The number of hydrogen-bond acceptors (Lipinski definition) is 3. The van der Waals surface area contributed by atoms with Gasteiger partial charge in [0.2, 0.25) is 0 Å². The van der Waals surface area contributed by atoms with E-state index in [-0.39, 0.29) is 0 Å². The average molecular weight is 212 g/mol. The van der Waals surface area contributed by atoms with Gasteiger partial charge in [0.15, 0.2) is 0 Å². The van der Waals surface area contributed by atoms with Crippen LogP contribution in [0, 0.1) is 11.8 Å². The smallest absolute Gasteiger partial charge is 0.0928 e. The molecule has 0 aliphatic heterocycles. The van der Waals surface area contributed by atoms with Gasteiger partial charge < -0.3 is 5.32 Å². The van der Waals surface area contributed by atoms with Crippen molar-refractivity contribution < 1.29 is 0 Å². The van der Waals surface area contributed by atoms with Crippen molar-refractivity contribution in [2.24, 2.45) is 11.8 Å². The zero-order chi connectivity index (χ0) is 10.4. The molecule has 0 radical (unpaired) electrons. The summed E-state index contributed by atoms with van der Waals surface area (Å²) in [5.41, 5.74) is 0. The van der Waals surface area contributed by atoms with Crippen molar-refractivity contribution in [3.8, 4) is 0 Å². The Bertz CT molecular complexity index is 231. The van der Waals surface area contributed by atoms with E-state index in [0.717, 1.165) is 25.4 Å². The Balaban J connectivity index is 2.43. The fourth-order valence-corrected chi connectivity index (χ4v) is 2.16. The summed E-state index contributed by atoms with van der Waals surface area (Å²) in [5, 5.41) is 6.74. The first kappa shape index (κ1) is 11.7. The maximum absolute atomic E-state index is 4.34. The van der Waals surface area contributed by atoms with Gasteiger partial charge in [-0.1, -0.05) is 20.8 Å². The van der Waals surface area contributed by atoms with Crippen molar-refractivity contribution in [2.75, 3.05) is 13.1 Å². The van der Waals surface area contributed by atoms with Gasteiger partial charge in [0.05, 0.1) is 5.01 Å². The molecular formula is C11H20N2S. The lowest BCUT2D eigenvalue weighted by Crippen LogP contribution is -2.27. The number of rotatable bonds is 6. The quantitative estimate of drug-likeness (QED) is 0.784. The highest BCUT2D eigenvalue weighted by atomic mass is 32.1. The van der Waals surface area contributed by atoms with Gasteiger partial charge in [-0.25, -0.2) is 4.98 Å². The molecule has 0 saturated carbocycles. The zero-order valence-corrected chi connectivity index (χ0v) is 10.1. The minimum Gasteiger partial charge on any atom is -0.317 e. The molecule has 3 heteroatoms. The molecule has 1 atom stereocenters. The molecule has 0 bridgehead atoms. The molecule has 1 aromatic heterocycles. The third kappa shape index (κ3) is 3.76. The van der Waals surface area contributed by atoms with Crippen molar-refractivity contribution in [2.45, 2.75) is 27.2 Å². The summed E-state index contributed by atoms with van der Waals surface area (Å²) in [7, 11) is 0. The van der Waals surface area contributed by atoms with Crippen LogP contribution in [0.1, 0.15) is 25.8 Å². The number of nitrogens with one attached hydrogen (secondary N) is 1. The lowest BCUT2D eigenvalue weighted by Gasteiger charge is -2.19. The predicted octanol–water partition coefficient (Wildman–Crippen LogP) is 2.57. The van der Waals surface area contributed by atoms with Crippen LogP contribution in [0.2, 0.25) is 0 Å². The summed E-state index contributed by atoms with van der Waals surface area (Å²) in [6, 6.07) is 0. The van der Waals surface area contributed by atoms with Crippen LogP contribution in [0.3, 0.4) is 0 Å². The molecule has 2 nitrogen and oxygen atoms in total. The first-order valence-corrected chi connectivity index (χ1v) is 6.21. The molecule has 1 unspecified atom stereocenters. The lowest BCUT2D eigenvalue weighted by molar-refractivity contribution is 0.363. The van der Waals surface area contributed by atoms with Gasteiger partial charge >= 0.3 is 0 Å². The first-order valence-electron chi connectivity index (χ1n) is 5.33. The van der Waals surface area contributed by atoms with Gasteiger partial charge in [-0.3, -0.25) is 0 Å². The maximum Gasteiger partial charge on any atom is 0.0928 e. The molecule has 14 heavy (non-hydrogen) atoms. The highest BCUT2D eigenvalue weighted by molar-refractivity contribution is 7.09. The molecule has 1 rings (SSSR count). The Morgan fingerprint density at radius 1 is 1.50 bits per heavy atom. The first-order chi connectivity index (χ1) is 6.74. The van der Waals surface area contributed by atoms with Gasteiger partial charge in [-0.05, 0) is 24.9 Å². The Labute approximate surface area is 90.8 Å². The summed E-state index contributed by atoms with van der Waals surface area (Å²) in [5.74, 6) is 1.43. The summed E-state index contributed by atoms with van der Waals surface area (Å²) in [4.78, 5) is 4.34. The Morgan fingerprint density at radius 3 is 2.79 bits per heavy atom. The largest absolute Gasteiger partial charge is 0.317 e. The van der Waals surface area contributed by atoms with Crippen LogP contribution in [0.5, 0.6) is 0 Å². The highest BCUT2D eigenvalue weighted by Crippen LogP contribution is 2.17. The van der Waals surface area contributed by atoms with Crippen LogP contribution in [0.4, 0.5) is 0 Å². The minimum absolute atomic E-state index is 0.709. The van der Waals surface area contributed by atoms with Crippen molar-refractivity contribution in [3.05, 3.63) is 16.6 Å². The summed E-state index contributed by atoms with van der Waals surface area (Å²) in [6.45, 7) is 8.89. The molecule has 1 aromatic rings. The van der Waals surface area contributed by atoms with Gasteiger partial charge in [0.25, 0.3) is 0 Å². The molecule has 0 aliphatic carbocycles. The fourth-order valence-electron chi connectivity index (χ4n) is 1.45. The van der Waals surface area contributed by atoms with Gasteiger partial charge in [0, 0.05) is 18.0 Å². The van der Waals surface area contributed by atoms with E-state index in [0.29, 0.717) is 5.92 Å². The van der Waals surface area contributed by atoms with E-state index in [9.17, 15) is 0 Å².